The molecule has 3 heteroatoms. The third-order valence-corrected chi connectivity index (χ3v) is 2.73. The Kier molecular flexibility index (Phi) is 4.34. The lowest BCUT2D eigenvalue weighted by molar-refractivity contribution is -0.108. The second-order valence-electron chi connectivity index (χ2n) is 3.90. The van der Waals surface area contributed by atoms with Crippen molar-refractivity contribution in [2.24, 2.45) is 0 Å². The number of nitrogens with one attached hydrogen (secondary N) is 1. The number of carbonyl (C=O) groups excluding carboxylic acids is 1. The second-order valence-corrected chi connectivity index (χ2v) is 3.90. The van der Waals surface area contributed by atoms with Crippen molar-refractivity contribution in [1.29, 1.82) is 0 Å². The van der Waals surface area contributed by atoms with Crippen molar-refractivity contribution in [2.75, 3.05) is 7.11 Å². The summed E-state index contributed by atoms with van der Waals surface area (Å²) >= 11 is 0. The molecule has 2 aromatic rings. The molecule has 0 radical (unpaired) electrons. The normalized spacial score (nSPS) is 11.4. The highest BCUT2D eigenvalue weighted by molar-refractivity contribution is 5.90. The summed E-state index contributed by atoms with van der Waals surface area (Å²) < 4.78 is 5.46. The Hall–Kier alpha value is -2.55. The van der Waals surface area contributed by atoms with Crippen molar-refractivity contribution in [1.82, 2.24) is 5.32 Å². The fourth-order valence-electron chi connectivity index (χ4n) is 1.90. The Bertz CT molecular complexity index is 562. The molecule has 0 fully saturated rings. The van der Waals surface area contributed by atoms with E-state index in [2.05, 4.69) is 5.32 Å². The molecule has 96 valence electrons. The van der Waals surface area contributed by atoms with Gasteiger partial charge in [-0.1, -0.05) is 60.7 Å². The van der Waals surface area contributed by atoms with Crippen LogP contribution in [0.15, 0.2) is 60.7 Å². The number of rotatable bonds is 5. The molecule has 0 aliphatic rings. The number of hydrogen-bond acceptors (Lipinski definition) is 2. The van der Waals surface area contributed by atoms with Crippen LogP contribution in [0.2, 0.25) is 0 Å². The Morgan fingerprint density at radius 2 is 1.47 bits per heavy atom. The molecule has 1 amide bonds. The zero-order valence-electron chi connectivity index (χ0n) is 10.7. The van der Waals surface area contributed by atoms with Gasteiger partial charge in [-0.2, -0.15) is 0 Å². The molecule has 0 saturated carbocycles. The van der Waals surface area contributed by atoms with Crippen molar-refractivity contribution in [3.63, 3.8) is 0 Å². The molecule has 0 unspecified atom stereocenters. The van der Waals surface area contributed by atoms with Gasteiger partial charge in [-0.15, -0.1) is 0 Å². The van der Waals surface area contributed by atoms with Crippen molar-refractivity contribution < 1.29 is 9.53 Å². The van der Waals surface area contributed by atoms with E-state index < -0.39 is 0 Å². The number of ether oxygens (including phenoxy) is 1. The fourth-order valence-corrected chi connectivity index (χ4v) is 1.90. The second kappa shape index (κ2) is 6.40. The summed E-state index contributed by atoms with van der Waals surface area (Å²) in [6.07, 6.45) is 0.657. The number of benzene rings is 2. The summed E-state index contributed by atoms with van der Waals surface area (Å²) in [6.45, 7) is 0. The first-order valence-electron chi connectivity index (χ1n) is 5.96. The van der Waals surface area contributed by atoms with E-state index >= 15 is 0 Å². The van der Waals surface area contributed by atoms with E-state index in [1.54, 1.807) is 7.11 Å². The molecule has 0 aliphatic carbocycles. The number of carbonyl (C=O) groups is 1. The molecular formula is C16H15NO2. The topological polar surface area (TPSA) is 38.3 Å². The van der Waals surface area contributed by atoms with E-state index in [-0.39, 0.29) is 0 Å². The minimum absolute atomic E-state index is 0.638. The average molecular weight is 253 g/mol. The molecule has 0 spiro atoms. The minimum atomic E-state index is 0.638. The van der Waals surface area contributed by atoms with Gasteiger partial charge in [0.1, 0.15) is 5.76 Å². The van der Waals surface area contributed by atoms with E-state index in [0.29, 0.717) is 17.9 Å². The molecule has 0 bridgehead atoms. The molecule has 0 heterocycles. The van der Waals surface area contributed by atoms with E-state index in [1.165, 1.54) is 0 Å². The predicted octanol–water partition coefficient (Wildman–Crippen LogP) is 2.90. The summed E-state index contributed by atoms with van der Waals surface area (Å²) in [6, 6.07) is 19.3. The summed E-state index contributed by atoms with van der Waals surface area (Å²) in [7, 11) is 1.59. The van der Waals surface area contributed by atoms with Crippen LogP contribution in [0.25, 0.3) is 11.5 Å². The number of methoxy groups -OCH3 is 1. The summed E-state index contributed by atoms with van der Waals surface area (Å²) in [4.78, 5) is 10.8. The average Bonchev–Trinajstić information content (AvgIpc) is 2.49. The van der Waals surface area contributed by atoms with E-state index in [4.69, 9.17) is 4.74 Å². The first-order valence-corrected chi connectivity index (χ1v) is 5.96. The van der Waals surface area contributed by atoms with Gasteiger partial charge < -0.3 is 10.1 Å². The minimum Gasteiger partial charge on any atom is -0.494 e. The molecule has 19 heavy (non-hydrogen) atoms. The van der Waals surface area contributed by atoms with Crippen LogP contribution >= 0.6 is 0 Å². The molecular weight excluding hydrogens is 238 g/mol. The highest BCUT2D eigenvalue weighted by atomic mass is 16.5. The molecule has 0 aliphatic heterocycles. The predicted molar refractivity (Wildman–Crippen MR) is 75.9 cm³/mol. The third kappa shape index (κ3) is 3.01. The SMILES string of the molecule is CO/C(=C(\NC=O)c1ccccc1)c1ccccc1. The lowest BCUT2D eigenvalue weighted by Crippen LogP contribution is -2.12. The third-order valence-electron chi connectivity index (χ3n) is 2.73. The van der Waals surface area contributed by atoms with Gasteiger partial charge in [-0.25, -0.2) is 0 Å². The van der Waals surface area contributed by atoms with E-state index in [0.717, 1.165) is 11.1 Å². The van der Waals surface area contributed by atoms with E-state index in [1.807, 2.05) is 60.7 Å². The lowest BCUT2D eigenvalue weighted by Gasteiger charge is -2.14. The van der Waals surface area contributed by atoms with Crippen LogP contribution in [-0.4, -0.2) is 13.5 Å². The van der Waals surface area contributed by atoms with Crippen LogP contribution in [0.1, 0.15) is 11.1 Å². The van der Waals surface area contributed by atoms with Crippen LogP contribution in [0.5, 0.6) is 0 Å². The summed E-state index contributed by atoms with van der Waals surface area (Å²) in [5.41, 5.74) is 2.47. The van der Waals surface area contributed by atoms with E-state index in [9.17, 15) is 4.79 Å². The van der Waals surface area contributed by atoms with Gasteiger partial charge in [0.25, 0.3) is 0 Å². The Morgan fingerprint density at radius 1 is 0.947 bits per heavy atom. The zero-order chi connectivity index (χ0) is 13.5. The number of hydrogen-bond donors (Lipinski definition) is 1. The molecule has 0 atom stereocenters. The molecule has 3 nitrogen and oxygen atoms in total. The lowest BCUT2D eigenvalue weighted by atomic mass is 10.1. The fraction of sp³-hybridized carbons (Fsp3) is 0.0625. The van der Waals surface area contributed by atoms with Crippen molar-refractivity contribution in [3.05, 3.63) is 71.8 Å². The van der Waals surface area contributed by atoms with Gasteiger partial charge in [-0.05, 0) is 0 Å². The maximum atomic E-state index is 10.8. The number of amides is 1. The Balaban J connectivity index is 2.56. The molecule has 0 aromatic heterocycles. The van der Waals surface area contributed by atoms with Gasteiger partial charge in [-0.3, -0.25) is 4.79 Å². The van der Waals surface area contributed by atoms with Crippen molar-refractivity contribution >= 4 is 17.9 Å². The van der Waals surface area contributed by atoms with Gasteiger partial charge in [0, 0.05) is 11.1 Å². The largest absolute Gasteiger partial charge is 0.494 e. The van der Waals surface area contributed by atoms with Crippen molar-refractivity contribution in [3.8, 4) is 0 Å². The summed E-state index contributed by atoms with van der Waals surface area (Å²) in [5.74, 6) is 0.638. The van der Waals surface area contributed by atoms with Crippen LogP contribution in [0.4, 0.5) is 0 Å². The Morgan fingerprint density at radius 3 is 1.95 bits per heavy atom. The molecule has 2 aromatic carbocycles. The van der Waals surface area contributed by atoms with Gasteiger partial charge >= 0.3 is 0 Å². The Labute approximate surface area is 112 Å². The monoisotopic (exact) mass is 253 g/mol. The van der Waals surface area contributed by atoms with Crippen LogP contribution < -0.4 is 5.32 Å². The van der Waals surface area contributed by atoms with Gasteiger partial charge in [0.15, 0.2) is 0 Å². The van der Waals surface area contributed by atoms with Gasteiger partial charge in [0.05, 0.1) is 12.8 Å². The highest BCUT2D eigenvalue weighted by Crippen LogP contribution is 2.24. The maximum absolute atomic E-state index is 10.8. The molecule has 0 saturated heterocycles. The van der Waals surface area contributed by atoms with Crippen LogP contribution in [-0.2, 0) is 9.53 Å². The summed E-state index contributed by atoms with van der Waals surface area (Å²) in [5, 5.41) is 2.72. The first-order chi connectivity index (χ1) is 9.36. The van der Waals surface area contributed by atoms with Gasteiger partial charge in [0.2, 0.25) is 6.41 Å². The van der Waals surface area contributed by atoms with Crippen molar-refractivity contribution in [2.45, 2.75) is 0 Å². The smallest absolute Gasteiger partial charge is 0.211 e. The van der Waals surface area contributed by atoms with Crippen LogP contribution in [0.3, 0.4) is 0 Å². The molecule has 1 N–H and O–H groups in total. The zero-order valence-corrected chi connectivity index (χ0v) is 10.7. The maximum Gasteiger partial charge on any atom is 0.211 e. The van der Waals surface area contributed by atoms with Crippen LogP contribution in [0, 0.1) is 0 Å². The quantitative estimate of drug-likeness (QED) is 0.505. The molecule has 2 rings (SSSR count). The first kappa shape index (κ1) is 12.9. The standard InChI is InChI=1S/C16H15NO2/c1-19-16(14-10-6-3-7-11-14)15(17-12-18)13-8-4-2-5-9-13/h2-12H,1H3,(H,17,18)/b16-15-. The highest BCUT2D eigenvalue weighted by Gasteiger charge is 2.11.